The molecule has 4 aromatic carbocycles. The van der Waals surface area contributed by atoms with Crippen molar-refractivity contribution >= 4 is 49.0 Å². The highest BCUT2D eigenvalue weighted by Crippen LogP contribution is 2.41. The monoisotopic (exact) mass is 466 g/mol. The van der Waals surface area contributed by atoms with Gasteiger partial charge >= 0.3 is 0 Å². The fraction of sp³-hybridized carbons (Fsp3) is 0.206. The standard InChI is InChI=1S/C34H30N2/c1-20-14-21(2)16-23(15-20)29-18-31-32-24(8-7-11-28(32)35-29)25-9-6-10-26-27-17-22(19-34(3,4)5)12-13-30(27)36(31)33(25)26/h6-18H,19H2,1-5H3. The van der Waals surface area contributed by atoms with E-state index in [-0.39, 0.29) is 5.41 Å². The summed E-state index contributed by atoms with van der Waals surface area (Å²) in [5, 5.41) is 6.46. The van der Waals surface area contributed by atoms with Crippen LogP contribution in [0.5, 0.6) is 0 Å². The Bertz CT molecular complexity index is 1940. The molecule has 7 rings (SSSR count). The van der Waals surface area contributed by atoms with Crippen molar-refractivity contribution in [3.8, 4) is 11.3 Å². The van der Waals surface area contributed by atoms with Crippen molar-refractivity contribution in [2.24, 2.45) is 5.41 Å². The molecule has 0 fully saturated rings. The maximum absolute atomic E-state index is 5.17. The minimum absolute atomic E-state index is 0.250. The van der Waals surface area contributed by atoms with E-state index in [9.17, 15) is 0 Å². The first-order valence-electron chi connectivity index (χ1n) is 12.9. The summed E-state index contributed by atoms with van der Waals surface area (Å²) in [5.74, 6) is 0. The SMILES string of the molecule is Cc1cc(C)cc(-c2cc3c4c(cccc4c4cccc5c6cc(CC(C)(C)C)ccc6n3c45)n2)c1. The molecule has 0 spiro atoms. The molecular formula is C34H30N2. The molecule has 0 aliphatic carbocycles. The highest BCUT2D eigenvalue weighted by Gasteiger charge is 2.20. The van der Waals surface area contributed by atoms with Gasteiger partial charge in [-0.3, -0.25) is 0 Å². The van der Waals surface area contributed by atoms with Crippen molar-refractivity contribution in [2.75, 3.05) is 0 Å². The van der Waals surface area contributed by atoms with E-state index in [0.29, 0.717) is 0 Å². The van der Waals surface area contributed by atoms with Crippen molar-refractivity contribution in [3.05, 3.63) is 95.6 Å². The van der Waals surface area contributed by atoms with E-state index in [1.54, 1.807) is 0 Å². The van der Waals surface area contributed by atoms with Crippen LogP contribution in [0.1, 0.15) is 37.5 Å². The Labute approximate surface area is 211 Å². The predicted molar refractivity (Wildman–Crippen MR) is 154 cm³/mol. The Balaban J connectivity index is 1.66. The summed E-state index contributed by atoms with van der Waals surface area (Å²) in [5.41, 5.74) is 11.2. The van der Waals surface area contributed by atoms with Crippen LogP contribution in [0.3, 0.4) is 0 Å². The normalized spacial score (nSPS) is 12.7. The van der Waals surface area contributed by atoms with Crippen molar-refractivity contribution in [1.82, 2.24) is 9.38 Å². The fourth-order valence-electron chi connectivity index (χ4n) is 6.24. The summed E-state index contributed by atoms with van der Waals surface area (Å²) in [6.07, 6.45) is 1.06. The van der Waals surface area contributed by atoms with Gasteiger partial charge in [-0.25, -0.2) is 4.98 Å². The minimum atomic E-state index is 0.250. The fourth-order valence-corrected chi connectivity index (χ4v) is 6.24. The van der Waals surface area contributed by atoms with Gasteiger partial charge in [-0.2, -0.15) is 0 Å². The van der Waals surface area contributed by atoms with Crippen LogP contribution in [0.25, 0.3) is 60.3 Å². The van der Waals surface area contributed by atoms with Crippen LogP contribution in [0.2, 0.25) is 0 Å². The third kappa shape index (κ3) is 3.14. The summed E-state index contributed by atoms with van der Waals surface area (Å²) in [6, 6.07) is 29.4. The zero-order valence-corrected chi connectivity index (χ0v) is 21.6. The third-order valence-corrected chi connectivity index (χ3v) is 7.45. The van der Waals surface area contributed by atoms with Crippen LogP contribution < -0.4 is 0 Å². The van der Waals surface area contributed by atoms with Gasteiger partial charge in [0.25, 0.3) is 0 Å². The molecule has 3 heterocycles. The van der Waals surface area contributed by atoms with Crippen molar-refractivity contribution in [1.29, 1.82) is 0 Å². The lowest BCUT2D eigenvalue weighted by atomic mass is 9.88. The van der Waals surface area contributed by atoms with E-state index < -0.39 is 0 Å². The lowest BCUT2D eigenvalue weighted by molar-refractivity contribution is 0.411. The molecule has 176 valence electrons. The average Bonchev–Trinajstić information content (AvgIpc) is 3.15. The highest BCUT2D eigenvalue weighted by atomic mass is 14.9. The van der Waals surface area contributed by atoms with E-state index in [1.165, 1.54) is 65.7 Å². The number of fused-ring (bicyclic) bond motifs is 5. The Morgan fingerprint density at radius 2 is 1.39 bits per heavy atom. The number of para-hydroxylation sites is 1. The van der Waals surface area contributed by atoms with Crippen molar-refractivity contribution in [3.63, 3.8) is 0 Å². The number of hydrogen-bond donors (Lipinski definition) is 0. The Morgan fingerprint density at radius 3 is 2.14 bits per heavy atom. The van der Waals surface area contributed by atoms with Gasteiger partial charge in [0.2, 0.25) is 0 Å². The first-order chi connectivity index (χ1) is 17.3. The summed E-state index contributed by atoms with van der Waals surface area (Å²) in [6.45, 7) is 11.3. The first kappa shape index (κ1) is 21.4. The predicted octanol–water partition coefficient (Wildman–Crippen LogP) is 9.26. The number of rotatable bonds is 2. The van der Waals surface area contributed by atoms with Crippen LogP contribution in [0, 0.1) is 19.3 Å². The summed E-state index contributed by atoms with van der Waals surface area (Å²) in [7, 11) is 0. The molecule has 2 nitrogen and oxygen atoms in total. The van der Waals surface area contributed by atoms with Gasteiger partial charge in [-0.15, -0.1) is 0 Å². The topological polar surface area (TPSA) is 17.3 Å². The van der Waals surface area contributed by atoms with Gasteiger partial charge in [-0.05, 0) is 73.0 Å². The van der Waals surface area contributed by atoms with Gasteiger partial charge in [0.1, 0.15) is 0 Å². The summed E-state index contributed by atoms with van der Waals surface area (Å²) in [4.78, 5) is 5.17. The van der Waals surface area contributed by atoms with Gasteiger partial charge in [0.15, 0.2) is 0 Å². The third-order valence-electron chi connectivity index (χ3n) is 7.45. The van der Waals surface area contributed by atoms with E-state index >= 15 is 0 Å². The number of hydrogen-bond acceptors (Lipinski definition) is 1. The Kier molecular flexibility index (Phi) is 4.34. The molecule has 0 saturated carbocycles. The zero-order valence-electron chi connectivity index (χ0n) is 21.6. The van der Waals surface area contributed by atoms with E-state index in [1.807, 2.05) is 0 Å². The van der Waals surface area contributed by atoms with Gasteiger partial charge < -0.3 is 4.40 Å². The number of aromatic nitrogens is 2. The molecule has 2 heteroatoms. The molecule has 0 aliphatic rings. The highest BCUT2D eigenvalue weighted by molar-refractivity contribution is 6.26. The molecule has 0 unspecified atom stereocenters. The molecule has 0 N–H and O–H groups in total. The lowest BCUT2D eigenvalue weighted by Crippen LogP contribution is -2.08. The molecular weight excluding hydrogens is 436 g/mol. The molecule has 0 amide bonds. The minimum Gasteiger partial charge on any atom is -0.308 e. The number of aryl methyl sites for hydroxylation is 2. The van der Waals surface area contributed by atoms with Gasteiger partial charge in [0.05, 0.1) is 27.8 Å². The van der Waals surface area contributed by atoms with Crippen LogP contribution >= 0.6 is 0 Å². The molecule has 7 aromatic rings. The van der Waals surface area contributed by atoms with E-state index in [0.717, 1.165) is 17.6 Å². The first-order valence-corrected chi connectivity index (χ1v) is 12.9. The maximum Gasteiger partial charge on any atom is 0.0736 e. The molecule has 3 aromatic heterocycles. The smallest absolute Gasteiger partial charge is 0.0736 e. The average molecular weight is 467 g/mol. The number of benzene rings is 4. The summed E-state index contributed by atoms with van der Waals surface area (Å²) >= 11 is 0. The second-order valence-corrected chi connectivity index (χ2v) is 11.7. The number of nitrogens with zero attached hydrogens (tertiary/aromatic N) is 2. The summed E-state index contributed by atoms with van der Waals surface area (Å²) < 4.78 is 2.49. The molecule has 0 atom stereocenters. The van der Waals surface area contributed by atoms with Crippen LogP contribution in [0.4, 0.5) is 0 Å². The molecule has 0 bridgehead atoms. The largest absolute Gasteiger partial charge is 0.308 e. The van der Waals surface area contributed by atoms with Crippen LogP contribution in [-0.2, 0) is 6.42 Å². The Morgan fingerprint density at radius 1 is 0.694 bits per heavy atom. The quantitative estimate of drug-likeness (QED) is 0.183. The second kappa shape index (κ2) is 7.30. The molecule has 0 aliphatic heterocycles. The van der Waals surface area contributed by atoms with E-state index in [4.69, 9.17) is 4.98 Å². The van der Waals surface area contributed by atoms with Gasteiger partial charge in [-0.1, -0.05) is 74.4 Å². The maximum atomic E-state index is 5.17. The molecule has 36 heavy (non-hydrogen) atoms. The molecule has 0 radical (unpaired) electrons. The lowest BCUT2D eigenvalue weighted by Gasteiger charge is -2.18. The van der Waals surface area contributed by atoms with Crippen molar-refractivity contribution in [2.45, 2.75) is 41.0 Å². The second-order valence-electron chi connectivity index (χ2n) is 11.7. The molecule has 0 saturated heterocycles. The zero-order chi connectivity index (χ0) is 24.8. The van der Waals surface area contributed by atoms with E-state index in [2.05, 4.69) is 118 Å². The van der Waals surface area contributed by atoms with Crippen molar-refractivity contribution < 1.29 is 0 Å². The van der Waals surface area contributed by atoms with Gasteiger partial charge in [0, 0.05) is 27.1 Å². The van der Waals surface area contributed by atoms with Crippen LogP contribution in [0.15, 0.2) is 78.9 Å². The number of pyridine rings is 2. The van der Waals surface area contributed by atoms with Crippen LogP contribution in [-0.4, -0.2) is 9.38 Å². The Hall–Kier alpha value is -3.91.